The van der Waals surface area contributed by atoms with Gasteiger partial charge in [0, 0.05) is 17.3 Å². The van der Waals surface area contributed by atoms with Gasteiger partial charge in [0.25, 0.3) is 0 Å². The SMILES string of the molecule is O=C(ONc1ccn([C@@H]2O[C@H](CO)[C@@H](O)[C@H]2O)c(=O)n1)c1cccc(Cl)c1. The Morgan fingerprint density at radius 1 is 1.33 bits per heavy atom. The second kappa shape index (κ2) is 8.03. The summed E-state index contributed by atoms with van der Waals surface area (Å²) in [5.41, 5.74) is 1.63. The normalized spacial score (nSPS) is 24.6. The first-order valence-corrected chi connectivity index (χ1v) is 8.23. The molecule has 1 aromatic carbocycles. The summed E-state index contributed by atoms with van der Waals surface area (Å²) in [6.07, 6.45) is -3.75. The van der Waals surface area contributed by atoms with Crippen molar-refractivity contribution < 1.29 is 29.7 Å². The van der Waals surface area contributed by atoms with Crippen LogP contribution < -0.4 is 11.2 Å². The quantitative estimate of drug-likeness (QED) is 0.499. The summed E-state index contributed by atoms with van der Waals surface area (Å²) in [6.45, 7) is -0.518. The van der Waals surface area contributed by atoms with Crippen LogP contribution in [0, 0.1) is 0 Å². The fraction of sp³-hybridized carbons (Fsp3) is 0.312. The monoisotopic (exact) mass is 397 g/mol. The average Bonchev–Trinajstić information content (AvgIpc) is 2.94. The maximum Gasteiger partial charge on any atom is 0.362 e. The molecule has 0 unspecified atom stereocenters. The molecule has 27 heavy (non-hydrogen) atoms. The van der Waals surface area contributed by atoms with Crippen molar-refractivity contribution in [2.24, 2.45) is 0 Å². The lowest BCUT2D eigenvalue weighted by Crippen LogP contribution is -2.36. The zero-order valence-corrected chi connectivity index (χ0v) is 14.5. The molecule has 1 aliphatic heterocycles. The second-order valence-electron chi connectivity index (χ2n) is 5.73. The van der Waals surface area contributed by atoms with Gasteiger partial charge in [0.15, 0.2) is 12.0 Å². The third-order valence-corrected chi connectivity index (χ3v) is 4.17. The van der Waals surface area contributed by atoms with Crippen LogP contribution in [0.4, 0.5) is 5.82 Å². The Morgan fingerprint density at radius 2 is 2.11 bits per heavy atom. The van der Waals surface area contributed by atoms with E-state index in [9.17, 15) is 19.8 Å². The van der Waals surface area contributed by atoms with Crippen LogP contribution in [0.15, 0.2) is 41.3 Å². The van der Waals surface area contributed by atoms with Gasteiger partial charge in [-0.05, 0) is 18.2 Å². The van der Waals surface area contributed by atoms with E-state index in [1.165, 1.54) is 24.4 Å². The molecule has 4 atom stereocenters. The molecule has 0 radical (unpaired) electrons. The maximum atomic E-state index is 12.2. The minimum atomic E-state index is -1.42. The Labute approximate surface area is 157 Å². The summed E-state index contributed by atoms with van der Waals surface area (Å²) in [5.74, 6) is -0.787. The number of nitrogens with one attached hydrogen (secondary N) is 1. The van der Waals surface area contributed by atoms with Crippen LogP contribution >= 0.6 is 11.6 Å². The predicted molar refractivity (Wildman–Crippen MR) is 92.0 cm³/mol. The first kappa shape index (κ1) is 19.3. The molecule has 2 heterocycles. The minimum Gasteiger partial charge on any atom is -0.394 e. The largest absolute Gasteiger partial charge is 0.394 e. The fourth-order valence-electron chi connectivity index (χ4n) is 2.55. The molecule has 1 fully saturated rings. The summed E-state index contributed by atoms with van der Waals surface area (Å²) in [7, 11) is 0. The van der Waals surface area contributed by atoms with Crippen LogP contribution in [-0.4, -0.2) is 55.8 Å². The molecule has 1 aliphatic rings. The number of aliphatic hydroxyl groups excluding tert-OH is 3. The molecule has 11 heteroatoms. The third kappa shape index (κ3) is 4.10. The Morgan fingerprint density at radius 3 is 2.74 bits per heavy atom. The lowest BCUT2D eigenvalue weighted by Gasteiger charge is -2.17. The summed E-state index contributed by atoms with van der Waals surface area (Å²) in [4.78, 5) is 32.6. The van der Waals surface area contributed by atoms with Gasteiger partial charge >= 0.3 is 11.7 Å². The molecule has 0 amide bonds. The molecular weight excluding hydrogens is 382 g/mol. The molecule has 10 nitrogen and oxygen atoms in total. The van der Waals surface area contributed by atoms with Crippen LogP contribution in [0.25, 0.3) is 0 Å². The third-order valence-electron chi connectivity index (χ3n) is 3.93. The standard InChI is InChI=1S/C16H16ClN3O7/c17-9-3-1-2-8(6-9)15(24)27-19-11-4-5-20(16(25)18-11)14-13(23)12(22)10(7-21)26-14/h1-6,10,12-14,21-23H,7H2,(H,18,19,25)/t10-,12-,13-,14-/m1/s1. The van der Waals surface area contributed by atoms with E-state index in [-0.39, 0.29) is 11.4 Å². The van der Waals surface area contributed by atoms with Crippen molar-refractivity contribution in [3.05, 3.63) is 57.6 Å². The zero-order valence-electron chi connectivity index (χ0n) is 13.7. The number of benzene rings is 1. The van der Waals surface area contributed by atoms with E-state index in [2.05, 4.69) is 10.5 Å². The number of anilines is 1. The van der Waals surface area contributed by atoms with E-state index in [1.807, 2.05) is 0 Å². The van der Waals surface area contributed by atoms with Gasteiger partial charge in [0.1, 0.15) is 18.3 Å². The molecule has 0 saturated carbocycles. The molecule has 3 rings (SSSR count). The Balaban J connectivity index is 1.68. The Hall–Kier alpha value is -2.50. The fourth-order valence-corrected chi connectivity index (χ4v) is 2.74. The van der Waals surface area contributed by atoms with Crippen molar-refractivity contribution in [2.45, 2.75) is 24.5 Å². The van der Waals surface area contributed by atoms with Crippen molar-refractivity contribution in [1.29, 1.82) is 0 Å². The van der Waals surface area contributed by atoms with Crippen LogP contribution in [0.5, 0.6) is 0 Å². The van der Waals surface area contributed by atoms with E-state index in [4.69, 9.17) is 26.3 Å². The maximum absolute atomic E-state index is 12.2. The summed E-state index contributed by atoms with van der Waals surface area (Å²) in [5, 5.41) is 29.2. The van der Waals surface area contributed by atoms with Gasteiger partial charge in [-0.25, -0.2) is 9.59 Å². The van der Waals surface area contributed by atoms with Crippen LogP contribution in [0.3, 0.4) is 0 Å². The predicted octanol–water partition coefficient (Wildman–Crippen LogP) is -0.308. The number of ether oxygens (including phenoxy) is 1. The average molecular weight is 398 g/mol. The van der Waals surface area contributed by atoms with Gasteiger partial charge in [-0.1, -0.05) is 17.7 Å². The lowest BCUT2D eigenvalue weighted by molar-refractivity contribution is -0.0549. The minimum absolute atomic E-state index is 0.0571. The summed E-state index contributed by atoms with van der Waals surface area (Å²) >= 11 is 5.80. The topological polar surface area (TPSA) is 143 Å². The second-order valence-corrected chi connectivity index (χ2v) is 6.17. The van der Waals surface area contributed by atoms with Crippen molar-refractivity contribution in [3.63, 3.8) is 0 Å². The zero-order chi connectivity index (χ0) is 19.6. The van der Waals surface area contributed by atoms with Crippen molar-refractivity contribution in [1.82, 2.24) is 9.55 Å². The Bertz CT molecular complexity index is 890. The van der Waals surface area contributed by atoms with Crippen LogP contribution in [-0.2, 0) is 9.57 Å². The number of rotatable bonds is 5. The molecule has 1 aromatic heterocycles. The number of carbonyl (C=O) groups excluding carboxylic acids is 1. The van der Waals surface area contributed by atoms with E-state index in [0.717, 1.165) is 4.57 Å². The highest BCUT2D eigenvalue weighted by Gasteiger charge is 2.43. The highest BCUT2D eigenvalue weighted by atomic mass is 35.5. The summed E-state index contributed by atoms with van der Waals surface area (Å²) < 4.78 is 6.22. The molecule has 0 spiro atoms. The van der Waals surface area contributed by atoms with Gasteiger partial charge in [-0.2, -0.15) is 10.5 Å². The number of aliphatic hydroxyl groups is 3. The smallest absolute Gasteiger partial charge is 0.362 e. The number of nitrogens with zero attached hydrogens (tertiary/aromatic N) is 2. The molecule has 4 N–H and O–H groups in total. The lowest BCUT2D eigenvalue weighted by atomic mass is 10.1. The molecule has 1 saturated heterocycles. The van der Waals surface area contributed by atoms with E-state index >= 15 is 0 Å². The highest BCUT2D eigenvalue weighted by Crippen LogP contribution is 2.28. The number of aromatic nitrogens is 2. The molecule has 144 valence electrons. The van der Waals surface area contributed by atoms with Crippen molar-refractivity contribution in [3.8, 4) is 0 Å². The first-order valence-electron chi connectivity index (χ1n) is 7.85. The molecule has 2 aromatic rings. The van der Waals surface area contributed by atoms with Gasteiger partial charge in [0.2, 0.25) is 0 Å². The van der Waals surface area contributed by atoms with Crippen molar-refractivity contribution in [2.75, 3.05) is 12.1 Å². The van der Waals surface area contributed by atoms with E-state index < -0.39 is 42.8 Å². The first-order chi connectivity index (χ1) is 12.9. The van der Waals surface area contributed by atoms with Crippen molar-refractivity contribution >= 4 is 23.4 Å². The van der Waals surface area contributed by atoms with Gasteiger partial charge in [-0.15, -0.1) is 0 Å². The summed E-state index contributed by atoms with van der Waals surface area (Å²) in [6, 6.07) is 7.41. The number of halogens is 1. The number of carbonyl (C=O) groups is 1. The van der Waals surface area contributed by atoms with E-state index in [1.54, 1.807) is 12.1 Å². The molecule has 0 bridgehead atoms. The molecular formula is C16H16ClN3O7. The Kier molecular flexibility index (Phi) is 5.73. The molecule has 0 aliphatic carbocycles. The van der Waals surface area contributed by atoms with Gasteiger partial charge < -0.3 is 24.9 Å². The van der Waals surface area contributed by atoms with Gasteiger partial charge in [0.05, 0.1) is 12.2 Å². The highest BCUT2D eigenvalue weighted by molar-refractivity contribution is 6.30. The van der Waals surface area contributed by atoms with Crippen LogP contribution in [0.1, 0.15) is 16.6 Å². The van der Waals surface area contributed by atoms with E-state index in [0.29, 0.717) is 5.02 Å². The van der Waals surface area contributed by atoms with Gasteiger partial charge in [-0.3, -0.25) is 4.57 Å². The number of hydrogen-bond donors (Lipinski definition) is 4. The van der Waals surface area contributed by atoms with Crippen LogP contribution in [0.2, 0.25) is 5.02 Å². The number of hydrogen-bond acceptors (Lipinski definition) is 9.